The summed E-state index contributed by atoms with van der Waals surface area (Å²) in [5, 5.41) is 0. The first-order valence-electron chi connectivity index (χ1n) is 5.32. The second-order valence-corrected chi connectivity index (χ2v) is 3.67. The van der Waals surface area contributed by atoms with E-state index in [1.54, 1.807) is 6.07 Å². The molecule has 1 rings (SSSR count). The average molecular weight is 221 g/mol. The van der Waals surface area contributed by atoms with E-state index < -0.39 is 0 Å². The van der Waals surface area contributed by atoms with Gasteiger partial charge < -0.3 is 9.47 Å². The Kier molecular flexibility index (Phi) is 4.35. The molecule has 0 amide bonds. The summed E-state index contributed by atoms with van der Waals surface area (Å²) >= 11 is 0. The Bertz CT molecular complexity index is 369. The minimum Gasteiger partial charge on any atom is -0.494 e. The summed E-state index contributed by atoms with van der Waals surface area (Å²) in [7, 11) is 0. The van der Waals surface area contributed by atoms with E-state index in [9.17, 15) is 4.79 Å². The predicted molar refractivity (Wildman–Crippen MR) is 62.7 cm³/mol. The number of carbonyl (C=O) groups is 1. The fourth-order valence-corrected chi connectivity index (χ4v) is 1.35. The van der Waals surface area contributed by atoms with Crippen molar-refractivity contribution < 1.29 is 14.3 Å². The van der Waals surface area contributed by atoms with Gasteiger partial charge in [0, 0.05) is 13.0 Å². The molecule has 3 nitrogen and oxygen atoms in total. The number of hydrogen-bond acceptors (Lipinski definition) is 3. The highest BCUT2D eigenvalue weighted by molar-refractivity contribution is 5.69. The molecule has 1 aromatic rings. The van der Waals surface area contributed by atoms with E-state index in [0.717, 1.165) is 5.56 Å². The maximum atomic E-state index is 10.9. The van der Waals surface area contributed by atoms with E-state index in [1.807, 2.05) is 26.0 Å². The van der Waals surface area contributed by atoms with Crippen LogP contribution in [0.2, 0.25) is 0 Å². The van der Waals surface area contributed by atoms with Crippen LogP contribution < -0.4 is 9.47 Å². The Morgan fingerprint density at radius 1 is 1.38 bits per heavy atom. The highest BCUT2D eigenvalue weighted by Crippen LogP contribution is 2.27. The Morgan fingerprint density at radius 2 is 2.00 bits per heavy atom. The van der Waals surface area contributed by atoms with Crippen molar-refractivity contribution in [3.8, 4) is 11.5 Å². The maximum Gasteiger partial charge on any atom is 0.308 e. The summed E-state index contributed by atoms with van der Waals surface area (Å²) in [4.78, 5) is 10.9. The second-order valence-electron chi connectivity index (χ2n) is 3.67. The monoisotopic (exact) mass is 221 g/mol. The van der Waals surface area contributed by atoms with Gasteiger partial charge in [-0.15, -0.1) is 0 Å². The molecule has 87 valence electrons. The van der Waals surface area contributed by atoms with Gasteiger partial charge in [-0.2, -0.15) is 0 Å². The molecular formula is C13H17O3. The van der Waals surface area contributed by atoms with Crippen molar-refractivity contribution in [1.29, 1.82) is 0 Å². The molecule has 0 aromatic heterocycles. The van der Waals surface area contributed by atoms with E-state index >= 15 is 0 Å². The van der Waals surface area contributed by atoms with E-state index in [4.69, 9.17) is 9.47 Å². The van der Waals surface area contributed by atoms with Gasteiger partial charge in [-0.3, -0.25) is 4.79 Å². The summed E-state index contributed by atoms with van der Waals surface area (Å²) in [6.45, 7) is 9.77. The third kappa shape index (κ3) is 3.57. The molecule has 0 aliphatic heterocycles. The van der Waals surface area contributed by atoms with Crippen LogP contribution in [-0.4, -0.2) is 12.6 Å². The van der Waals surface area contributed by atoms with Gasteiger partial charge in [-0.1, -0.05) is 6.92 Å². The van der Waals surface area contributed by atoms with Crippen molar-refractivity contribution in [3.05, 3.63) is 30.7 Å². The first-order valence-corrected chi connectivity index (χ1v) is 5.32. The molecule has 1 radical (unpaired) electrons. The SMILES string of the molecule is [CH2]C(C)c1cc(OCC)cc(OC(C)=O)c1. The predicted octanol–water partition coefficient (Wildman–Crippen LogP) is 2.95. The van der Waals surface area contributed by atoms with Gasteiger partial charge in [0.2, 0.25) is 0 Å². The molecule has 1 unspecified atom stereocenters. The van der Waals surface area contributed by atoms with Crippen LogP contribution in [0.1, 0.15) is 32.3 Å². The summed E-state index contributed by atoms with van der Waals surface area (Å²) < 4.78 is 10.4. The lowest BCUT2D eigenvalue weighted by Crippen LogP contribution is -2.03. The van der Waals surface area contributed by atoms with Crippen LogP contribution in [0.4, 0.5) is 0 Å². The minimum atomic E-state index is -0.337. The average Bonchev–Trinajstić information content (AvgIpc) is 2.16. The molecule has 0 heterocycles. The summed E-state index contributed by atoms with van der Waals surface area (Å²) in [5.74, 6) is 0.988. The number of carbonyl (C=O) groups excluding carboxylic acids is 1. The molecule has 1 aromatic carbocycles. The number of ether oxygens (including phenoxy) is 2. The smallest absolute Gasteiger partial charge is 0.308 e. The largest absolute Gasteiger partial charge is 0.494 e. The molecule has 0 saturated carbocycles. The lowest BCUT2D eigenvalue weighted by molar-refractivity contribution is -0.131. The molecule has 3 heteroatoms. The topological polar surface area (TPSA) is 35.5 Å². The second kappa shape index (κ2) is 5.54. The van der Waals surface area contributed by atoms with Crippen LogP contribution in [0.3, 0.4) is 0 Å². The number of hydrogen-bond donors (Lipinski definition) is 0. The fraction of sp³-hybridized carbons (Fsp3) is 0.385. The Morgan fingerprint density at radius 3 is 2.50 bits per heavy atom. The van der Waals surface area contributed by atoms with Crippen LogP contribution in [-0.2, 0) is 4.79 Å². The van der Waals surface area contributed by atoms with Gasteiger partial charge in [0.05, 0.1) is 6.61 Å². The number of benzene rings is 1. The fourth-order valence-electron chi connectivity index (χ4n) is 1.35. The van der Waals surface area contributed by atoms with Gasteiger partial charge in [0.15, 0.2) is 0 Å². The van der Waals surface area contributed by atoms with Gasteiger partial charge in [-0.05, 0) is 37.5 Å². The van der Waals surface area contributed by atoms with E-state index in [1.165, 1.54) is 6.92 Å². The first kappa shape index (κ1) is 12.6. The lowest BCUT2D eigenvalue weighted by atomic mass is 10.0. The van der Waals surface area contributed by atoms with Crippen molar-refractivity contribution >= 4 is 5.97 Å². The van der Waals surface area contributed by atoms with E-state index in [0.29, 0.717) is 18.1 Å². The van der Waals surface area contributed by atoms with Gasteiger partial charge in [0.25, 0.3) is 0 Å². The zero-order valence-corrected chi connectivity index (χ0v) is 9.95. The summed E-state index contributed by atoms with van der Waals surface area (Å²) in [5.41, 5.74) is 0.988. The first-order chi connectivity index (χ1) is 7.52. The Hall–Kier alpha value is -1.51. The zero-order valence-electron chi connectivity index (χ0n) is 9.95. The normalized spacial score (nSPS) is 10.3. The maximum absolute atomic E-state index is 10.9. The summed E-state index contributed by atoms with van der Waals surface area (Å²) in [6.07, 6.45) is 0. The van der Waals surface area contributed by atoms with E-state index in [-0.39, 0.29) is 11.9 Å². The molecule has 0 aliphatic rings. The molecule has 0 bridgehead atoms. The minimum absolute atomic E-state index is 0.120. The molecule has 0 fully saturated rings. The molecule has 0 saturated heterocycles. The molecule has 0 spiro atoms. The Labute approximate surface area is 96.4 Å². The lowest BCUT2D eigenvalue weighted by Gasteiger charge is -2.11. The number of rotatable bonds is 4. The van der Waals surface area contributed by atoms with E-state index in [2.05, 4.69) is 6.92 Å². The van der Waals surface area contributed by atoms with Gasteiger partial charge in [0.1, 0.15) is 11.5 Å². The highest BCUT2D eigenvalue weighted by Gasteiger charge is 2.07. The molecule has 16 heavy (non-hydrogen) atoms. The van der Waals surface area contributed by atoms with Crippen molar-refractivity contribution in [2.75, 3.05) is 6.61 Å². The van der Waals surface area contributed by atoms with Crippen LogP contribution in [0.15, 0.2) is 18.2 Å². The summed E-state index contributed by atoms with van der Waals surface area (Å²) in [6, 6.07) is 5.42. The number of esters is 1. The van der Waals surface area contributed by atoms with Crippen molar-refractivity contribution in [1.82, 2.24) is 0 Å². The standard InChI is InChI=1S/C13H17O3/c1-5-15-12-6-11(9(2)3)7-13(8-12)16-10(4)14/h6-9H,2,5H2,1,3-4H3. The van der Waals surface area contributed by atoms with Crippen LogP contribution in [0, 0.1) is 6.92 Å². The van der Waals surface area contributed by atoms with Crippen molar-refractivity contribution in [3.63, 3.8) is 0 Å². The van der Waals surface area contributed by atoms with Crippen molar-refractivity contribution in [2.24, 2.45) is 0 Å². The quantitative estimate of drug-likeness (QED) is 0.579. The Balaban J connectivity index is 3.03. The highest BCUT2D eigenvalue weighted by atomic mass is 16.5. The third-order valence-corrected chi connectivity index (χ3v) is 2.04. The molecule has 1 atom stereocenters. The van der Waals surface area contributed by atoms with Crippen LogP contribution in [0.5, 0.6) is 11.5 Å². The molecule has 0 N–H and O–H groups in total. The van der Waals surface area contributed by atoms with Crippen molar-refractivity contribution in [2.45, 2.75) is 26.7 Å². The molecular weight excluding hydrogens is 204 g/mol. The zero-order chi connectivity index (χ0) is 12.1. The van der Waals surface area contributed by atoms with Crippen LogP contribution >= 0.6 is 0 Å². The van der Waals surface area contributed by atoms with Crippen LogP contribution in [0.25, 0.3) is 0 Å². The van der Waals surface area contributed by atoms with Gasteiger partial charge >= 0.3 is 5.97 Å². The third-order valence-electron chi connectivity index (χ3n) is 2.04. The van der Waals surface area contributed by atoms with Gasteiger partial charge in [-0.25, -0.2) is 0 Å². The molecule has 0 aliphatic carbocycles.